The third-order valence-corrected chi connectivity index (χ3v) is 6.23. The molecule has 0 saturated heterocycles. The number of aromatic nitrogens is 1. The van der Waals surface area contributed by atoms with E-state index in [9.17, 15) is 24.6 Å². The van der Waals surface area contributed by atoms with Crippen LogP contribution >= 0.6 is 11.6 Å². The predicted molar refractivity (Wildman–Crippen MR) is 142 cm³/mol. The number of rotatable bonds is 10. The lowest BCUT2D eigenvalue weighted by molar-refractivity contribution is -0.137. The van der Waals surface area contributed by atoms with Crippen molar-refractivity contribution in [1.29, 1.82) is 0 Å². The molecule has 0 saturated carbocycles. The number of hydrogen-bond donors (Lipinski definition) is 4. The van der Waals surface area contributed by atoms with E-state index in [1.54, 1.807) is 30.3 Å². The highest BCUT2D eigenvalue weighted by molar-refractivity contribution is 6.31. The maximum Gasteiger partial charge on any atom is 0.319 e. The van der Waals surface area contributed by atoms with Crippen LogP contribution in [0.4, 0.5) is 10.5 Å². The molecular weight excluding hydrogens is 498 g/mol. The monoisotopic (exact) mass is 527 g/mol. The predicted octanol–water partition coefficient (Wildman–Crippen LogP) is 4.86. The van der Waals surface area contributed by atoms with Gasteiger partial charge in [-0.2, -0.15) is 0 Å². The van der Waals surface area contributed by atoms with Gasteiger partial charge in [-0.3, -0.25) is 9.59 Å². The highest BCUT2D eigenvalue weighted by atomic mass is 35.5. The highest BCUT2D eigenvalue weighted by Crippen LogP contribution is 2.29. The van der Waals surface area contributed by atoms with Gasteiger partial charge in [-0.05, 0) is 31.0 Å². The molecule has 0 aliphatic rings. The fourth-order valence-corrected chi connectivity index (χ4v) is 4.21. The van der Waals surface area contributed by atoms with Crippen molar-refractivity contribution in [3.63, 3.8) is 0 Å². The molecule has 10 heteroatoms. The van der Waals surface area contributed by atoms with Crippen molar-refractivity contribution in [1.82, 2.24) is 9.88 Å². The van der Waals surface area contributed by atoms with Crippen LogP contribution < -0.4 is 20.9 Å². The third-order valence-electron chi connectivity index (χ3n) is 5.87. The Morgan fingerprint density at radius 2 is 1.86 bits per heavy atom. The number of urea groups is 1. The zero-order valence-electron chi connectivity index (χ0n) is 20.9. The number of amides is 2. The van der Waals surface area contributed by atoms with E-state index >= 15 is 0 Å². The highest BCUT2D eigenvalue weighted by Gasteiger charge is 2.22. The van der Waals surface area contributed by atoms with Crippen molar-refractivity contribution < 1.29 is 24.5 Å². The summed E-state index contributed by atoms with van der Waals surface area (Å²) in [5.74, 6) is -0.949. The molecule has 2 amide bonds. The van der Waals surface area contributed by atoms with Gasteiger partial charge in [-0.25, -0.2) is 4.79 Å². The number of benzene rings is 2. The smallest absolute Gasteiger partial charge is 0.319 e. The normalized spacial score (nSPS) is 11.6. The molecule has 0 aliphatic carbocycles. The largest absolute Gasteiger partial charge is 0.505 e. The first kappa shape index (κ1) is 27.6. The van der Waals surface area contributed by atoms with Crippen LogP contribution in [0.15, 0.2) is 53.5 Å². The van der Waals surface area contributed by atoms with Crippen molar-refractivity contribution in [3.05, 3.63) is 86.3 Å². The average molecular weight is 528 g/mol. The minimum atomic E-state index is -1.10. The number of nitrogens with one attached hydrogen (secondary N) is 2. The van der Waals surface area contributed by atoms with Gasteiger partial charge in [0.15, 0.2) is 5.69 Å². The molecular formula is C27H30ClN3O6. The Labute approximate surface area is 219 Å². The Balaban J connectivity index is 1.96. The van der Waals surface area contributed by atoms with E-state index in [0.717, 1.165) is 5.56 Å². The lowest BCUT2D eigenvalue weighted by atomic mass is 10.0. The second-order valence-electron chi connectivity index (χ2n) is 8.64. The lowest BCUT2D eigenvalue weighted by Crippen LogP contribution is -2.36. The van der Waals surface area contributed by atoms with Crippen LogP contribution in [0.25, 0.3) is 0 Å². The zero-order chi connectivity index (χ0) is 27.1. The molecule has 0 aliphatic heterocycles. The van der Waals surface area contributed by atoms with E-state index in [4.69, 9.17) is 16.3 Å². The minimum absolute atomic E-state index is 0.0416. The van der Waals surface area contributed by atoms with Crippen molar-refractivity contribution in [2.75, 3.05) is 12.4 Å². The Morgan fingerprint density at radius 3 is 2.49 bits per heavy atom. The topological polar surface area (TPSA) is 130 Å². The summed E-state index contributed by atoms with van der Waals surface area (Å²) in [7, 11) is 1.50. The van der Waals surface area contributed by atoms with E-state index in [1.807, 2.05) is 26.0 Å². The third kappa shape index (κ3) is 6.83. The molecule has 4 N–H and O–H groups in total. The van der Waals surface area contributed by atoms with Crippen molar-refractivity contribution in [2.45, 2.75) is 45.7 Å². The number of methoxy groups -OCH3 is 1. The molecule has 1 heterocycles. The average Bonchev–Trinajstić information content (AvgIpc) is 2.85. The van der Waals surface area contributed by atoms with Crippen molar-refractivity contribution in [3.8, 4) is 11.5 Å². The maximum atomic E-state index is 13.4. The molecule has 37 heavy (non-hydrogen) atoms. The number of carbonyl (C=O) groups excluding carboxylic acids is 1. The van der Waals surface area contributed by atoms with Gasteiger partial charge >= 0.3 is 12.0 Å². The molecule has 0 radical (unpaired) electrons. The second kappa shape index (κ2) is 12.3. The van der Waals surface area contributed by atoms with Crippen LogP contribution in [-0.2, 0) is 17.8 Å². The summed E-state index contributed by atoms with van der Waals surface area (Å²) in [5.41, 5.74) is 1.64. The van der Waals surface area contributed by atoms with E-state index < -0.39 is 23.6 Å². The molecule has 3 rings (SSSR count). The van der Waals surface area contributed by atoms with Gasteiger partial charge < -0.3 is 30.2 Å². The number of aromatic hydroxyl groups is 1. The van der Waals surface area contributed by atoms with Crippen molar-refractivity contribution in [2.24, 2.45) is 0 Å². The summed E-state index contributed by atoms with van der Waals surface area (Å²) >= 11 is 6.36. The number of carbonyl (C=O) groups is 2. The Morgan fingerprint density at radius 1 is 1.16 bits per heavy atom. The molecule has 0 bridgehead atoms. The van der Waals surface area contributed by atoms with Crippen molar-refractivity contribution >= 4 is 29.3 Å². The van der Waals surface area contributed by atoms with Crippen LogP contribution in [-0.4, -0.2) is 33.9 Å². The van der Waals surface area contributed by atoms with Gasteiger partial charge in [0.05, 0.1) is 26.1 Å². The number of ether oxygens (including phenoxy) is 1. The Kier molecular flexibility index (Phi) is 9.19. The number of carboxylic acid groups (broad SMARTS) is 1. The maximum absolute atomic E-state index is 13.4. The fourth-order valence-electron chi connectivity index (χ4n) is 3.98. The van der Waals surface area contributed by atoms with Gasteiger partial charge in [-0.1, -0.05) is 60.8 Å². The van der Waals surface area contributed by atoms with Gasteiger partial charge in [-0.15, -0.1) is 0 Å². The SMILES string of the molecule is CCCc1cn(Cc2c(Cl)cccc2OC)c(=O)c(NC(=O)N[C@@H](CC(=O)O)c2ccc(C)cc2)c1O. The van der Waals surface area contributed by atoms with Gasteiger partial charge in [0.25, 0.3) is 5.56 Å². The number of hydrogen-bond acceptors (Lipinski definition) is 5. The standard InChI is InChI=1S/C27H30ClN3O6/c1-4-6-18-14-31(15-19-20(28)7-5-8-22(19)37-3)26(35)24(25(18)34)30-27(36)29-21(13-23(32)33)17-11-9-16(2)10-12-17/h5,7-12,14,21,34H,4,6,13,15H2,1-3H3,(H,32,33)(H2,29,30,36)/t21-/m0/s1. The number of anilines is 1. The molecule has 196 valence electrons. The molecule has 3 aromatic rings. The second-order valence-corrected chi connectivity index (χ2v) is 9.05. The number of carboxylic acids is 1. The van der Waals surface area contributed by atoms with Crippen LogP contribution in [0.2, 0.25) is 5.02 Å². The molecule has 2 aromatic carbocycles. The summed E-state index contributed by atoms with van der Waals surface area (Å²) in [6, 6.07) is 10.5. The molecule has 0 unspecified atom stereocenters. The fraction of sp³-hybridized carbons (Fsp3) is 0.296. The molecule has 9 nitrogen and oxygen atoms in total. The van der Waals surface area contributed by atoms with E-state index in [2.05, 4.69) is 10.6 Å². The first-order valence-corrected chi connectivity index (χ1v) is 12.1. The van der Waals surface area contributed by atoms with Gasteiger partial charge in [0.1, 0.15) is 11.5 Å². The quantitative estimate of drug-likeness (QED) is 0.298. The van der Waals surface area contributed by atoms with Gasteiger partial charge in [0.2, 0.25) is 0 Å². The van der Waals surface area contributed by atoms with Crippen LogP contribution in [0, 0.1) is 6.92 Å². The summed E-state index contributed by atoms with van der Waals surface area (Å²) in [6.07, 6.45) is 2.30. The van der Waals surface area contributed by atoms with Gasteiger partial charge in [0, 0.05) is 22.3 Å². The van der Waals surface area contributed by atoms with Crippen LogP contribution in [0.3, 0.4) is 0 Å². The summed E-state index contributed by atoms with van der Waals surface area (Å²) in [5, 5.41) is 25.6. The number of pyridine rings is 1. The molecule has 0 spiro atoms. The van der Waals surface area contributed by atoms with Crippen LogP contribution in [0.5, 0.6) is 11.5 Å². The number of aryl methyl sites for hydroxylation is 2. The molecule has 0 fully saturated rings. The van der Waals surface area contributed by atoms with Crippen LogP contribution in [0.1, 0.15) is 48.1 Å². The first-order valence-electron chi connectivity index (χ1n) is 11.8. The summed E-state index contributed by atoms with van der Waals surface area (Å²) in [6.45, 7) is 3.86. The van der Waals surface area contributed by atoms with E-state index in [1.165, 1.54) is 17.9 Å². The summed E-state index contributed by atoms with van der Waals surface area (Å²) in [4.78, 5) is 37.7. The minimum Gasteiger partial charge on any atom is -0.505 e. The molecule has 1 aromatic heterocycles. The Hall–Kier alpha value is -3.98. The lowest BCUT2D eigenvalue weighted by Gasteiger charge is -2.20. The van der Waals surface area contributed by atoms with E-state index in [0.29, 0.717) is 40.3 Å². The zero-order valence-corrected chi connectivity index (χ0v) is 21.6. The first-order chi connectivity index (χ1) is 17.6. The number of aliphatic carboxylic acids is 1. The summed E-state index contributed by atoms with van der Waals surface area (Å²) < 4.78 is 6.73. The molecule has 1 atom stereocenters. The van der Waals surface area contributed by atoms with E-state index in [-0.39, 0.29) is 24.4 Å². The number of halogens is 1. The number of nitrogens with zero attached hydrogens (tertiary/aromatic N) is 1. The Bertz CT molecular complexity index is 1340.